The fourth-order valence-corrected chi connectivity index (χ4v) is 4.05. The van der Waals surface area contributed by atoms with Crippen LogP contribution in [0.5, 0.6) is 0 Å². The van der Waals surface area contributed by atoms with E-state index >= 15 is 0 Å². The van der Waals surface area contributed by atoms with Gasteiger partial charge in [-0.1, -0.05) is 41.6 Å². The lowest BCUT2D eigenvalue weighted by atomic mass is 9.94. The first kappa shape index (κ1) is 25.2. The summed E-state index contributed by atoms with van der Waals surface area (Å²) < 4.78 is 40.3. The molecule has 4 rings (SSSR count). The molecule has 0 aliphatic rings. The summed E-state index contributed by atoms with van der Waals surface area (Å²) >= 11 is 0. The van der Waals surface area contributed by atoms with E-state index in [1.165, 1.54) is 24.1 Å². The fourth-order valence-electron chi connectivity index (χ4n) is 4.05. The average molecular weight is 494 g/mol. The number of ether oxygens (including phenoxy) is 1. The molecule has 1 N–H and O–H groups in total. The zero-order chi connectivity index (χ0) is 25.8. The molecule has 4 aromatic rings. The van der Waals surface area contributed by atoms with Gasteiger partial charge in [0.1, 0.15) is 0 Å². The van der Waals surface area contributed by atoms with Crippen molar-refractivity contribution in [3.8, 4) is 34.0 Å². The monoisotopic (exact) mass is 493 g/mol. The first-order valence-corrected chi connectivity index (χ1v) is 11.2. The standard InChI is InChI=1S/C27H25F2N3O4/c1-16-6-4-5-7-20(16)21-10-8-17(12-19(21)15-35-3)27-30-26(31-36-27)22-11-9-18(24(28)25(22)29)13-32(2)14-23(33)34/h4-12H,13-15H2,1-3H3,(H,33,34). The van der Waals surface area contributed by atoms with E-state index in [-0.39, 0.29) is 35.9 Å². The van der Waals surface area contributed by atoms with Gasteiger partial charge in [-0.3, -0.25) is 9.69 Å². The van der Waals surface area contributed by atoms with Crippen LogP contribution in [0.3, 0.4) is 0 Å². The lowest BCUT2D eigenvalue weighted by Crippen LogP contribution is -2.25. The molecule has 0 aliphatic carbocycles. The Hall–Kier alpha value is -3.95. The molecule has 9 heteroatoms. The van der Waals surface area contributed by atoms with Crippen LogP contribution in [0.2, 0.25) is 0 Å². The summed E-state index contributed by atoms with van der Waals surface area (Å²) in [4.78, 5) is 16.5. The van der Waals surface area contributed by atoms with E-state index in [0.717, 1.165) is 22.3 Å². The maximum atomic E-state index is 14.9. The van der Waals surface area contributed by atoms with Crippen molar-refractivity contribution in [1.29, 1.82) is 0 Å². The van der Waals surface area contributed by atoms with Gasteiger partial charge in [0, 0.05) is 24.8 Å². The Morgan fingerprint density at radius 1 is 1.03 bits per heavy atom. The predicted molar refractivity (Wildman–Crippen MR) is 130 cm³/mol. The van der Waals surface area contributed by atoms with E-state index in [1.54, 1.807) is 7.11 Å². The van der Waals surface area contributed by atoms with Gasteiger partial charge in [0.15, 0.2) is 11.6 Å². The molecule has 1 aromatic heterocycles. The van der Waals surface area contributed by atoms with Crippen LogP contribution in [0.15, 0.2) is 59.1 Å². The maximum Gasteiger partial charge on any atom is 0.317 e. The largest absolute Gasteiger partial charge is 0.480 e. The minimum atomic E-state index is -1.13. The molecule has 7 nitrogen and oxygen atoms in total. The van der Waals surface area contributed by atoms with E-state index in [0.29, 0.717) is 12.2 Å². The topological polar surface area (TPSA) is 88.7 Å². The fraction of sp³-hybridized carbons (Fsp3) is 0.222. The highest BCUT2D eigenvalue weighted by Crippen LogP contribution is 2.32. The number of aliphatic carboxylic acids is 1. The summed E-state index contributed by atoms with van der Waals surface area (Å²) in [6, 6.07) is 16.4. The molecule has 0 saturated carbocycles. The Bertz CT molecular complexity index is 1400. The third-order valence-corrected chi connectivity index (χ3v) is 5.76. The molecule has 36 heavy (non-hydrogen) atoms. The molecule has 0 spiro atoms. The number of carboxylic acid groups (broad SMARTS) is 1. The molecule has 3 aromatic carbocycles. The summed E-state index contributed by atoms with van der Waals surface area (Å²) in [5.74, 6) is -3.21. The number of aromatic nitrogens is 2. The van der Waals surface area contributed by atoms with Crippen molar-refractivity contribution in [2.45, 2.75) is 20.1 Å². The molecule has 0 saturated heterocycles. The zero-order valence-corrected chi connectivity index (χ0v) is 20.1. The molecule has 186 valence electrons. The van der Waals surface area contributed by atoms with Crippen molar-refractivity contribution in [3.05, 3.63) is 82.9 Å². The number of hydrogen-bond acceptors (Lipinski definition) is 6. The normalized spacial score (nSPS) is 11.3. The van der Waals surface area contributed by atoms with Gasteiger partial charge in [0.2, 0.25) is 5.82 Å². The second-order valence-corrected chi connectivity index (χ2v) is 8.51. The minimum Gasteiger partial charge on any atom is -0.480 e. The smallest absolute Gasteiger partial charge is 0.317 e. The second-order valence-electron chi connectivity index (χ2n) is 8.51. The lowest BCUT2D eigenvalue weighted by Gasteiger charge is -2.15. The van der Waals surface area contributed by atoms with Gasteiger partial charge >= 0.3 is 5.97 Å². The van der Waals surface area contributed by atoms with Gasteiger partial charge < -0.3 is 14.4 Å². The Labute approximate surface area is 207 Å². The number of carbonyl (C=O) groups is 1. The van der Waals surface area contributed by atoms with Crippen molar-refractivity contribution < 1.29 is 27.9 Å². The van der Waals surface area contributed by atoms with Gasteiger partial charge in [0.05, 0.1) is 18.7 Å². The van der Waals surface area contributed by atoms with Crippen LogP contribution in [-0.4, -0.2) is 46.8 Å². The maximum absolute atomic E-state index is 14.9. The van der Waals surface area contributed by atoms with Crippen molar-refractivity contribution in [2.24, 2.45) is 0 Å². The Morgan fingerprint density at radius 2 is 1.78 bits per heavy atom. The summed E-state index contributed by atoms with van der Waals surface area (Å²) in [5, 5.41) is 12.7. The number of hydrogen-bond donors (Lipinski definition) is 1. The van der Waals surface area contributed by atoms with E-state index in [1.807, 2.05) is 49.4 Å². The molecule has 0 aliphatic heterocycles. The first-order chi connectivity index (χ1) is 17.3. The summed E-state index contributed by atoms with van der Waals surface area (Å²) in [7, 11) is 3.12. The Balaban J connectivity index is 1.64. The number of nitrogens with zero attached hydrogens (tertiary/aromatic N) is 3. The highest BCUT2D eigenvalue weighted by molar-refractivity contribution is 5.74. The van der Waals surface area contributed by atoms with Crippen LogP contribution < -0.4 is 0 Å². The van der Waals surface area contributed by atoms with E-state index in [2.05, 4.69) is 10.1 Å². The van der Waals surface area contributed by atoms with Crippen LogP contribution in [0, 0.1) is 18.6 Å². The number of halogens is 2. The van der Waals surface area contributed by atoms with Gasteiger partial charge in [0.25, 0.3) is 5.89 Å². The van der Waals surface area contributed by atoms with E-state index < -0.39 is 17.6 Å². The first-order valence-electron chi connectivity index (χ1n) is 11.2. The molecular weight excluding hydrogens is 468 g/mol. The third-order valence-electron chi connectivity index (χ3n) is 5.76. The average Bonchev–Trinajstić information content (AvgIpc) is 3.32. The van der Waals surface area contributed by atoms with Crippen molar-refractivity contribution in [1.82, 2.24) is 15.0 Å². The summed E-state index contributed by atoms with van der Waals surface area (Å²) in [5.41, 5.74) is 4.62. The highest BCUT2D eigenvalue weighted by atomic mass is 19.2. The number of rotatable bonds is 9. The number of aryl methyl sites for hydroxylation is 1. The van der Waals surface area contributed by atoms with Crippen molar-refractivity contribution in [3.63, 3.8) is 0 Å². The number of likely N-dealkylation sites (N-methyl/N-ethyl adjacent to an activating group) is 1. The van der Waals surface area contributed by atoms with Gasteiger partial charge in [-0.25, -0.2) is 8.78 Å². The number of benzene rings is 3. The highest BCUT2D eigenvalue weighted by Gasteiger charge is 2.21. The molecule has 0 atom stereocenters. The Kier molecular flexibility index (Phi) is 7.52. The molecule has 0 fully saturated rings. The van der Waals surface area contributed by atoms with Gasteiger partial charge in [-0.15, -0.1) is 0 Å². The minimum absolute atomic E-state index is 0.0275. The number of methoxy groups -OCH3 is 1. The molecule has 0 bridgehead atoms. The SMILES string of the molecule is COCc1cc(-c2nc(-c3ccc(CN(C)CC(=O)O)c(F)c3F)no2)ccc1-c1ccccc1C. The lowest BCUT2D eigenvalue weighted by molar-refractivity contribution is -0.138. The number of carboxylic acids is 1. The van der Waals surface area contributed by atoms with Crippen LogP contribution in [0.1, 0.15) is 16.7 Å². The van der Waals surface area contributed by atoms with Crippen molar-refractivity contribution >= 4 is 5.97 Å². The predicted octanol–water partition coefficient (Wildman–Crippen LogP) is 5.32. The molecular formula is C27H25F2N3O4. The molecule has 1 heterocycles. The second kappa shape index (κ2) is 10.8. The van der Waals surface area contributed by atoms with Crippen LogP contribution in [0.25, 0.3) is 34.0 Å². The molecule has 0 radical (unpaired) electrons. The quantitative estimate of drug-likeness (QED) is 0.338. The van der Waals surface area contributed by atoms with Gasteiger partial charge in [-0.2, -0.15) is 4.98 Å². The van der Waals surface area contributed by atoms with Crippen LogP contribution in [-0.2, 0) is 22.7 Å². The van der Waals surface area contributed by atoms with E-state index in [4.69, 9.17) is 14.4 Å². The van der Waals surface area contributed by atoms with Crippen molar-refractivity contribution in [2.75, 3.05) is 20.7 Å². The molecule has 0 amide bonds. The van der Waals surface area contributed by atoms with Gasteiger partial charge in [-0.05, 0) is 54.4 Å². The molecule has 0 unspecified atom stereocenters. The van der Waals surface area contributed by atoms with E-state index in [9.17, 15) is 13.6 Å². The summed E-state index contributed by atoms with van der Waals surface area (Å²) in [6.45, 7) is 2.02. The third kappa shape index (κ3) is 5.32. The van der Waals surface area contributed by atoms with Crippen LogP contribution >= 0.6 is 0 Å². The zero-order valence-electron chi connectivity index (χ0n) is 20.1. The summed E-state index contributed by atoms with van der Waals surface area (Å²) in [6.07, 6.45) is 0. The van der Waals surface area contributed by atoms with Crippen LogP contribution in [0.4, 0.5) is 8.78 Å². The Morgan fingerprint density at radius 3 is 2.50 bits per heavy atom.